The van der Waals surface area contributed by atoms with Gasteiger partial charge in [0.15, 0.2) is 0 Å². The van der Waals surface area contributed by atoms with Crippen LogP contribution < -0.4 is 5.32 Å². The minimum atomic E-state index is -0.347. The molecular formula is C23H31FN4O2. The summed E-state index contributed by atoms with van der Waals surface area (Å²) in [4.78, 5) is 31.6. The molecule has 2 bridgehead atoms. The molecule has 4 saturated heterocycles. The molecule has 3 amide bonds. The first kappa shape index (κ1) is 19.8. The first-order valence-electron chi connectivity index (χ1n) is 11.4. The second kappa shape index (κ2) is 8.17. The Bertz CT molecular complexity index is 810. The lowest BCUT2D eigenvalue weighted by molar-refractivity contribution is -0.145. The van der Waals surface area contributed by atoms with E-state index in [0.717, 1.165) is 64.8 Å². The molecule has 0 radical (unpaired) electrons. The minimum Gasteiger partial charge on any atom is -0.339 e. The zero-order valence-corrected chi connectivity index (χ0v) is 17.4. The Morgan fingerprint density at radius 3 is 2.73 bits per heavy atom. The third-order valence-corrected chi connectivity index (χ3v) is 7.55. The fourth-order valence-corrected chi connectivity index (χ4v) is 6.15. The Balaban J connectivity index is 1.15. The molecule has 30 heavy (non-hydrogen) atoms. The SMILES string of the molecule is O=C(Nc1cccc(F)c1)N1CCC(N2C[C@H]3C[C@H](C2)[C@H]2CCCC(=O)N2C3)CC1. The van der Waals surface area contributed by atoms with Crippen molar-refractivity contribution in [3.05, 3.63) is 30.1 Å². The van der Waals surface area contributed by atoms with Gasteiger partial charge in [-0.05, 0) is 62.1 Å². The summed E-state index contributed by atoms with van der Waals surface area (Å²) < 4.78 is 13.3. The van der Waals surface area contributed by atoms with Gasteiger partial charge in [0, 0.05) is 56.9 Å². The lowest BCUT2D eigenvalue weighted by Gasteiger charge is -2.54. The molecule has 4 aliphatic heterocycles. The molecule has 0 aromatic heterocycles. The van der Waals surface area contributed by atoms with Gasteiger partial charge < -0.3 is 15.1 Å². The van der Waals surface area contributed by atoms with Crippen LogP contribution in [-0.2, 0) is 4.79 Å². The number of piperidine rings is 4. The van der Waals surface area contributed by atoms with E-state index in [9.17, 15) is 14.0 Å². The van der Waals surface area contributed by atoms with E-state index in [-0.39, 0.29) is 11.8 Å². The molecule has 7 heteroatoms. The molecule has 5 rings (SSSR count). The second-order valence-corrected chi connectivity index (χ2v) is 9.48. The Morgan fingerprint density at radius 2 is 1.93 bits per heavy atom. The summed E-state index contributed by atoms with van der Waals surface area (Å²) in [6, 6.07) is 6.84. The molecule has 4 fully saturated rings. The highest BCUT2D eigenvalue weighted by Crippen LogP contribution is 2.39. The van der Waals surface area contributed by atoms with Crippen molar-refractivity contribution in [2.24, 2.45) is 11.8 Å². The van der Waals surface area contributed by atoms with E-state index in [2.05, 4.69) is 15.1 Å². The van der Waals surface area contributed by atoms with Crippen LogP contribution in [0.1, 0.15) is 38.5 Å². The number of amides is 3. The van der Waals surface area contributed by atoms with Crippen LogP contribution in [0.5, 0.6) is 0 Å². The van der Waals surface area contributed by atoms with Gasteiger partial charge in [-0.2, -0.15) is 0 Å². The highest BCUT2D eigenvalue weighted by molar-refractivity contribution is 5.89. The number of benzene rings is 1. The smallest absolute Gasteiger partial charge is 0.321 e. The summed E-state index contributed by atoms with van der Waals surface area (Å²) in [5.41, 5.74) is 0.498. The van der Waals surface area contributed by atoms with Crippen LogP contribution in [-0.4, -0.2) is 71.4 Å². The van der Waals surface area contributed by atoms with Crippen molar-refractivity contribution in [1.29, 1.82) is 0 Å². The number of carbonyl (C=O) groups is 2. The summed E-state index contributed by atoms with van der Waals surface area (Å²) in [6.07, 6.45) is 6.15. The number of halogens is 1. The van der Waals surface area contributed by atoms with Gasteiger partial charge in [-0.15, -0.1) is 0 Å². The molecule has 162 valence electrons. The predicted molar refractivity (Wildman–Crippen MR) is 113 cm³/mol. The summed E-state index contributed by atoms with van der Waals surface area (Å²) in [5, 5.41) is 2.81. The third kappa shape index (κ3) is 3.92. The van der Waals surface area contributed by atoms with Crippen molar-refractivity contribution in [1.82, 2.24) is 14.7 Å². The summed E-state index contributed by atoms with van der Waals surface area (Å²) in [5.74, 6) is 1.22. The molecule has 1 N–H and O–H groups in total. The number of fused-ring (bicyclic) bond motifs is 4. The maximum Gasteiger partial charge on any atom is 0.321 e. The summed E-state index contributed by atoms with van der Waals surface area (Å²) >= 11 is 0. The van der Waals surface area contributed by atoms with E-state index in [1.54, 1.807) is 12.1 Å². The van der Waals surface area contributed by atoms with Gasteiger partial charge in [-0.1, -0.05) is 6.07 Å². The van der Waals surface area contributed by atoms with Crippen molar-refractivity contribution in [2.75, 3.05) is 38.0 Å². The van der Waals surface area contributed by atoms with E-state index in [1.165, 1.54) is 18.6 Å². The van der Waals surface area contributed by atoms with E-state index >= 15 is 0 Å². The molecule has 1 aromatic carbocycles. The molecule has 4 aliphatic rings. The molecule has 0 aliphatic carbocycles. The molecule has 6 nitrogen and oxygen atoms in total. The first-order chi connectivity index (χ1) is 14.6. The zero-order valence-electron chi connectivity index (χ0n) is 17.4. The van der Waals surface area contributed by atoms with E-state index in [1.807, 2.05) is 4.90 Å². The van der Waals surface area contributed by atoms with Crippen molar-refractivity contribution in [3.63, 3.8) is 0 Å². The van der Waals surface area contributed by atoms with Crippen LogP contribution in [0, 0.1) is 17.7 Å². The van der Waals surface area contributed by atoms with E-state index in [0.29, 0.717) is 35.5 Å². The number of hydrogen-bond acceptors (Lipinski definition) is 3. The summed E-state index contributed by atoms with van der Waals surface area (Å²) in [6.45, 7) is 4.56. The average Bonchev–Trinajstić information content (AvgIpc) is 2.74. The minimum absolute atomic E-state index is 0.147. The van der Waals surface area contributed by atoms with Crippen molar-refractivity contribution >= 4 is 17.6 Å². The monoisotopic (exact) mass is 414 g/mol. The number of likely N-dealkylation sites (tertiary alicyclic amines) is 2. The third-order valence-electron chi connectivity index (χ3n) is 7.55. The van der Waals surface area contributed by atoms with Gasteiger partial charge in [0.05, 0.1) is 0 Å². The molecule has 1 aromatic rings. The lowest BCUT2D eigenvalue weighted by atomic mass is 9.75. The number of nitrogens with zero attached hydrogens (tertiary/aromatic N) is 3. The first-order valence-corrected chi connectivity index (χ1v) is 11.4. The number of hydrogen-bond donors (Lipinski definition) is 1. The van der Waals surface area contributed by atoms with Gasteiger partial charge in [0.25, 0.3) is 0 Å². The lowest BCUT2D eigenvalue weighted by Crippen LogP contribution is -2.62. The Morgan fingerprint density at radius 1 is 1.10 bits per heavy atom. The van der Waals surface area contributed by atoms with Crippen molar-refractivity contribution in [2.45, 2.75) is 50.6 Å². The average molecular weight is 415 g/mol. The number of rotatable bonds is 2. The van der Waals surface area contributed by atoms with Crippen molar-refractivity contribution < 1.29 is 14.0 Å². The maximum absolute atomic E-state index is 13.3. The zero-order chi connectivity index (χ0) is 20.7. The van der Waals surface area contributed by atoms with Crippen LogP contribution >= 0.6 is 0 Å². The number of carbonyl (C=O) groups excluding carboxylic acids is 2. The van der Waals surface area contributed by atoms with E-state index < -0.39 is 0 Å². The topological polar surface area (TPSA) is 55.9 Å². The fourth-order valence-electron chi connectivity index (χ4n) is 6.15. The standard InChI is InChI=1S/C23H31FN4O2/c24-18-3-1-4-19(12-18)25-23(30)26-9-7-20(8-10-26)27-13-16-11-17(15-27)21-5-2-6-22(29)28(21)14-16/h1,3-4,12,16-17,20-21H,2,5-11,13-15H2,(H,25,30)/t16-,17-,21-/m1/s1. The van der Waals surface area contributed by atoms with Gasteiger partial charge >= 0.3 is 6.03 Å². The Kier molecular flexibility index (Phi) is 5.39. The Hall–Kier alpha value is -2.15. The number of anilines is 1. The number of urea groups is 1. The quantitative estimate of drug-likeness (QED) is 0.809. The van der Waals surface area contributed by atoms with Crippen LogP contribution in [0.3, 0.4) is 0 Å². The predicted octanol–water partition coefficient (Wildman–Crippen LogP) is 3.15. The molecular weight excluding hydrogens is 383 g/mol. The number of nitrogens with one attached hydrogen (secondary N) is 1. The normalized spacial score (nSPS) is 30.2. The van der Waals surface area contributed by atoms with Crippen LogP contribution in [0.25, 0.3) is 0 Å². The summed E-state index contributed by atoms with van der Waals surface area (Å²) in [7, 11) is 0. The van der Waals surface area contributed by atoms with Gasteiger partial charge in [-0.3, -0.25) is 9.69 Å². The molecule has 3 atom stereocenters. The van der Waals surface area contributed by atoms with E-state index in [4.69, 9.17) is 0 Å². The molecule has 4 heterocycles. The van der Waals surface area contributed by atoms with Crippen LogP contribution in [0.4, 0.5) is 14.9 Å². The molecule has 0 saturated carbocycles. The Labute approximate surface area is 177 Å². The largest absolute Gasteiger partial charge is 0.339 e. The highest BCUT2D eigenvalue weighted by atomic mass is 19.1. The van der Waals surface area contributed by atoms with Crippen LogP contribution in [0.15, 0.2) is 24.3 Å². The fraction of sp³-hybridized carbons (Fsp3) is 0.652. The van der Waals surface area contributed by atoms with Crippen molar-refractivity contribution in [3.8, 4) is 0 Å². The molecule has 0 spiro atoms. The van der Waals surface area contributed by atoms with Gasteiger partial charge in [-0.25, -0.2) is 9.18 Å². The van der Waals surface area contributed by atoms with Gasteiger partial charge in [0.1, 0.15) is 5.82 Å². The second-order valence-electron chi connectivity index (χ2n) is 9.48. The van der Waals surface area contributed by atoms with Crippen LogP contribution in [0.2, 0.25) is 0 Å². The van der Waals surface area contributed by atoms with Gasteiger partial charge in [0.2, 0.25) is 5.91 Å². The maximum atomic E-state index is 13.3. The molecule has 0 unspecified atom stereocenters. The highest BCUT2D eigenvalue weighted by Gasteiger charge is 2.45.